The first-order chi connectivity index (χ1) is 5.45. The third-order valence-electron chi connectivity index (χ3n) is 1.21. The summed E-state index contributed by atoms with van der Waals surface area (Å²) in [5.74, 6) is 0. The molecule has 0 aromatic rings. The zero-order valence-corrected chi connectivity index (χ0v) is 9.14. The Bertz CT molecular complexity index is 141. The largest absolute Gasteiger partial charge is 0.450 e. The van der Waals surface area contributed by atoms with E-state index >= 15 is 0 Å². The van der Waals surface area contributed by atoms with Gasteiger partial charge in [0.05, 0.1) is 6.61 Å². The summed E-state index contributed by atoms with van der Waals surface area (Å²) in [7, 11) is 0. The van der Waals surface area contributed by atoms with Gasteiger partial charge in [-0.15, -0.1) is 0 Å². The van der Waals surface area contributed by atoms with Crippen molar-refractivity contribution < 1.29 is 9.53 Å². The van der Waals surface area contributed by atoms with Crippen molar-refractivity contribution in [1.29, 1.82) is 0 Å². The minimum atomic E-state index is -0.323. The molecule has 0 saturated heterocycles. The number of rotatable bonds is 3. The summed E-state index contributed by atoms with van der Waals surface area (Å²) >= 11 is 0. The molecule has 4 N–H and O–H groups in total. The lowest BCUT2D eigenvalue weighted by molar-refractivity contribution is 0.136. The van der Waals surface area contributed by atoms with Gasteiger partial charge in [0.1, 0.15) is 0 Å². The third kappa shape index (κ3) is 11.2. The molecule has 4 heteroatoms. The highest BCUT2D eigenvalue weighted by molar-refractivity contribution is 5.67. The second kappa shape index (κ2) is 6.71. The van der Waals surface area contributed by atoms with E-state index in [-0.39, 0.29) is 17.8 Å². The molecular weight excluding hydrogens is 168 g/mol. The number of carbonyl (C=O) groups excluding carboxylic acids is 1. The highest BCUT2D eigenvalue weighted by atomic mass is 16.5. The van der Waals surface area contributed by atoms with Crippen LogP contribution in [0, 0.1) is 0 Å². The smallest absolute Gasteiger partial charge is 0.407 e. The monoisotopic (exact) mass is 190 g/mol. The summed E-state index contributed by atoms with van der Waals surface area (Å²) in [6.07, 6.45) is 1.65. The van der Waals surface area contributed by atoms with Gasteiger partial charge in [0.15, 0.2) is 0 Å². The number of carbonyl (C=O) groups is 1. The van der Waals surface area contributed by atoms with Gasteiger partial charge in [-0.25, -0.2) is 4.79 Å². The number of ether oxygens (including phenoxy) is 1. The molecule has 0 unspecified atom stereocenters. The quantitative estimate of drug-likeness (QED) is 0.671. The molecule has 0 heterocycles. The Morgan fingerprint density at radius 3 is 2.31 bits per heavy atom. The van der Waals surface area contributed by atoms with Crippen LogP contribution in [0.1, 0.15) is 40.5 Å². The summed E-state index contributed by atoms with van der Waals surface area (Å²) in [6, 6.07) is 0. The van der Waals surface area contributed by atoms with Crippen LogP contribution < -0.4 is 11.5 Å². The molecule has 0 atom stereocenters. The second-order valence-electron chi connectivity index (χ2n) is 3.86. The first-order valence-corrected chi connectivity index (χ1v) is 4.40. The minimum absolute atomic E-state index is 0. The van der Waals surface area contributed by atoms with Crippen molar-refractivity contribution in [2.45, 2.75) is 46.1 Å². The van der Waals surface area contributed by atoms with Crippen LogP contribution in [0.3, 0.4) is 0 Å². The molecule has 0 aliphatic carbocycles. The predicted octanol–water partition coefficient (Wildman–Crippen LogP) is 2.47. The van der Waals surface area contributed by atoms with E-state index in [1.807, 2.05) is 20.8 Å². The topological polar surface area (TPSA) is 73.3 Å². The van der Waals surface area contributed by atoms with Gasteiger partial charge < -0.3 is 16.2 Å². The lowest BCUT2D eigenvalue weighted by Gasteiger charge is -2.19. The Labute approximate surface area is 80.6 Å². The van der Waals surface area contributed by atoms with Crippen molar-refractivity contribution in [2.24, 2.45) is 0 Å². The lowest BCUT2D eigenvalue weighted by Crippen LogP contribution is -2.41. The van der Waals surface area contributed by atoms with E-state index in [1.54, 1.807) is 0 Å². The number of nitrogens with one attached hydrogen (secondary N) is 1. The van der Waals surface area contributed by atoms with E-state index in [4.69, 9.17) is 4.74 Å². The maximum absolute atomic E-state index is 11.0. The molecular formula is C9H22N2O2. The molecule has 4 nitrogen and oxygen atoms in total. The fourth-order valence-corrected chi connectivity index (χ4v) is 0.651. The fourth-order valence-electron chi connectivity index (χ4n) is 0.651. The average Bonchev–Trinajstić information content (AvgIpc) is 1.84. The molecule has 0 aliphatic heterocycles. The molecule has 0 aromatic carbocycles. The van der Waals surface area contributed by atoms with Crippen LogP contribution in [-0.2, 0) is 4.74 Å². The van der Waals surface area contributed by atoms with E-state index in [1.165, 1.54) is 0 Å². The van der Waals surface area contributed by atoms with Crippen molar-refractivity contribution in [3.63, 3.8) is 0 Å². The summed E-state index contributed by atoms with van der Waals surface area (Å²) in [5, 5.41) is 2.72. The molecule has 0 bridgehead atoms. The van der Waals surface area contributed by atoms with E-state index in [0.717, 1.165) is 12.8 Å². The highest BCUT2D eigenvalue weighted by Crippen LogP contribution is 1.99. The van der Waals surface area contributed by atoms with Crippen LogP contribution in [-0.4, -0.2) is 18.2 Å². The van der Waals surface area contributed by atoms with Crippen molar-refractivity contribution in [1.82, 2.24) is 11.5 Å². The Balaban J connectivity index is 0. The highest BCUT2D eigenvalue weighted by Gasteiger charge is 2.13. The molecule has 0 aromatic heterocycles. The number of alkyl carbamates (subject to hydrolysis) is 1. The van der Waals surface area contributed by atoms with Gasteiger partial charge in [-0.05, 0) is 27.2 Å². The van der Waals surface area contributed by atoms with Crippen molar-refractivity contribution in [2.75, 3.05) is 6.61 Å². The maximum atomic E-state index is 11.0. The SMILES string of the molecule is CCCCOC(=O)NC(C)(C)C.N. The summed E-state index contributed by atoms with van der Waals surface area (Å²) in [4.78, 5) is 11.0. The molecule has 0 saturated carbocycles. The zero-order valence-electron chi connectivity index (χ0n) is 9.14. The fraction of sp³-hybridized carbons (Fsp3) is 0.889. The van der Waals surface area contributed by atoms with Gasteiger partial charge in [-0.1, -0.05) is 13.3 Å². The first-order valence-electron chi connectivity index (χ1n) is 4.40. The number of hydrogen-bond donors (Lipinski definition) is 2. The summed E-state index contributed by atoms with van der Waals surface area (Å²) in [5.41, 5.74) is -0.205. The molecule has 0 radical (unpaired) electrons. The Morgan fingerprint density at radius 2 is 1.92 bits per heavy atom. The second-order valence-corrected chi connectivity index (χ2v) is 3.86. The van der Waals surface area contributed by atoms with Crippen LogP contribution in [0.2, 0.25) is 0 Å². The summed E-state index contributed by atoms with van der Waals surface area (Å²) in [6.45, 7) is 8.35. The van der Waals surface area contributed by atoms with E-state index < -0.39 is 0 Å². The number of amides is 1. The number of hydrogen-bond acceptors (Lipinski definition) is 3. The Hall–Kier alpha value is -0.770. The molecule has 0 rings (SSSR count). The van der Waals surface area contributed by atoms with Gasteiger partial charge in [0, 0.05) is 5.54 Å². The molecule has 0 spiro atoms. The van der Waals surface area contributed by atoms with Crippen molar-refractivity contribution in [3.8, 4) is 0 Å². The van der Waals surface area contributed by atoms with Crippen LogP contribution in [0.4, 0.5) is 4.79 Å². The Kier molecular flexibility index (Phi) is 7.61. The maximum Gasteiger partial charge on any atom is 0.407 e. The molecule has 0 aliphatic rings. The Morgan fingerprint density at radius 1 is 1.38 bits per heavy atom. The minimum Gasteiger partial charge on any atom is -0.450 e. The predicted molar refractivity (Wildman–Crippen MR) is 54.2 cm³/mol. The van der Waals surface area contributed by atoms with E-state index in [9.17, 15) is 4.79 Å². The lowest BCUT2D eigenvalue weighted by atomic mass is 10.1. The van der Waals surface area contributed by atoms with Crippen LogP contribution in [0.5, 0.6) is 0 Å². The summed E-state index contributed by atoms with van der Waals surface area (Å²) < 4.78 is 4.91. The average molecular weight is 190 g/mol. The van der Waals surface area contributed by atoms with E-state index in [0.29, 0.717) is 6.61 Å². The van der Waals surface area contributed by atoms with Gasteiger partial charge >= 0.3 is 6.09 Å². The normalized spacial score (nSPS) is 10.2. The number of unbranched alkanes of at least 4 members (excludes halogenated alkanes) is 1. The molecule has 1 amide bonds. The van der Waals surface area contributed by atoms with Crippen LogP contribution >= 0.6 is 0 Å². The van der Waals surface area contributed by atoms with Crippen molar-refractivity contribution in [3.05, 3.63) is 0 Å². The zero-order chi connectivity index (χ0) is 9.61. The molecule has 0 fully saturated rings. The molecule has 80 valence electrons. The van der Waals surface area contributed by atoms with Gasteiger partial charge in [0.2, 0.25) is 0 Å². The van der Waals surface area contributed by atoms with Crippen LogP contribution in [0.15, 0.2) is 0 Å². The standard InChI is InChI=1S/C9H19NO2.H3N/c1-5-6-7-12-8(11)10-9(2,3)4;/h5-7H2,1-4H3,(H,10,11);1H3. The molecule has 13 heavy (non-hydrogen) atoms. The van der Waals surface area contributed by atoms with Gasteiger partial charge in [-0.2, -0.15) is 0 Å². The van der Waals surface area contributed by atoms with E-state index in [2.05, 4.69) is 12.2 Å². The van der Waals surface area contributed by atoms with Crippen LogP contribution in [0.25, 0.3) is 0 Å². The van der Waals surface area contributed by atoms with Gasteiger partial charge in [0.25, 0.3) is 0 Å². The third-order valence-corrected chi connectivity index (χ3v) is 1.21. The van der Waals surface area contributed by atoms with Gasteiger partial charge in [-0.3, -0.25) is 0 Å². The first kappa shape index (κ1) is 14.7. The van der Waals surface area contributed by atoms with Crippen molar-refractivity contribution >= 4 is 6.09 Å².